The fourth-order valence-corrected chi connectivity index (χ4v) is 2.97. The van der Waals surface area contributed by atoms with Crippen molar-refractivity contribution in [3.63, 3.8) is 0 Å². The number of aryl methyl sites for hydroxylation is 1. The molecule has 0 bridgehead atoms. The fraction of sp³-hybridized carbons (Fsp3) is 0.556. The van der Waals surface area contributed by atoms with Gasteiger partial charge >= 0.3 is 12.1 Å². The Hall–Kier alpha value is -2.18. The summed E-state index contributed by atoms with van der Waals surface area (Å²) in [7, 11) is 0. The first-order valence-corrected chi connectivity index (χ1v) is 8.15. The summed E-state index contributed by atoms with van der Waals surface area (Å²) in [6.45, 7) is 6.81. The SMILES string of the molecule is Cc1cc(C2CCN(C(=O)OC(C)(C)C)CC2F)c(F)cc1C(=O)O. The maximum absolute atomic E-state index is 14.6. The summed E-state index contributed by atoms with van der Waals surface area (Å²) in [5.74, 6) is -2.68. The van der Waals surface area contributed by atoms with E-state index in [0.29, 0.717) is 5.56 Å². The Kier molecular flexibility index (Phi) is 5.34. The van der Waals surface area contributed by atoms with Gasteiger partial charge in [0.05, 0.1) is 12.1 Å². The van der Waals surface area contributed by atoms with Crippen LogP contribution in [0.15, 0.2) is 12.1 Å². The Morgan fingerprint density at radius 2 is 1.96 bits per heavy atom. The molecule has 1 heterocycles. The van der Waals surface area contributed by atoms with Crippen LogP contribution in [0.3, 0.4) is 0 Å². The van der Waals surface area contributed by atoms with Gasteiger partial charge in [-0.05, 0) is 51.3 Å². The summed E-state index contributed by atoms with van der Waals surface area (Å²) in [5.41, 5.74) is -0.275. The predicted molar refractivity (Wildman–Crippen MR) is 88.2 cm³/mol. The topological polar surface area (TPSA) is 66.8 Å². The van der Waals surface area contributed by atoms with Crippen molar-refractivity contribution in [3.05, 3.63) is 34.6 Å². The molecule has 138 valence electrons. The Balaban J connectivity index is 2.15. The van der Waals surface area contributed by atoms with Crippen LogP contribution in [-0.4, -0.2) is 46.9 Å². The molecular weight excluding hydrogens is 332 g/mol. The van der Waals surface area contributed by atoms with Crippen LogP contribution in [-0.2, 0) is 4.74 Å². The van der Waals surface area contributed by atoms with Gasteiger partial charge in [-0.2, -0.15) is 0 Å². The normalized spacial score (nSPS) is 21.1. The Morgan fingerprint density at radius 3 is 2.48 bits per heavy atom. The van der Waals surface area contributed by atoms with Gasteiger partial charge in [-0.1, -0.05) is 6.07 Å². The number of halogens is 2. The van der Waals surface area contributed by atoms with E-state index >= 15 is 0 Å². The molecule has 1 aliphatic heterocycles. The number of hydrogen-bond acceptors (Lipinski definition) is 3. The lowest BCUT2D eigenvalue weighted by atomic mass is 9.86. The van der Waals surface area contributed by atoms with Crippen molar-refractivity contribution in [2.75, 3.05) is 13.1 Å². The van der Waals surface area contributed by atoms with E-state index in [2.05, 4.69) is 0 Å². The minimum atomic E-state index is -1.45. The van der Waals surface area contributed by atoms with Crippen LogP contribution in [0.4, 0.5) is 13.6 Å². The molecule has 7 heteroatoms. The Morgan fingerprint density at radius 1 is 1.32 bits per heavy atom. The van der Waals surface area contributed by atoms with Crippen LogP contribution in [0.25, 0.3) is 0 Å². The highest BCUT2D eigenvalue weighted by Crippen LogP contribution is 2.34. The predicted octanol–water partition coefficient (Wildman–Crippen LogP) is 3.89. The van der Waals surface area contributed by atoms with E-state index < -0.39 is 35.6 Å². The molecule has 0 aromatic heterocycles. The van der Waals surface area contributed by atoms with E-state index in [1.807, 2.05) is 0 Å². The minimum Gasteiger partial charge on any atom is -0.478 e. The van der Waals surface area contributed by atoms with E-state index in [9.17, 15) is 18.4 Å². The average Bonchev–Trinajstić information content (AvgIpc) is 2.47. The molecule has 0 radical (unpaired) electrons. The smallest absolute Gasteiger partial charge is 0.410 e. The first kappa shape index (κ1) is 19.1. The molecule has 0 spiro atoms. The molecule has 25 heavy (non-hydrogen) atoms. The van der Waals surface area contributed by atoms with Crippen molar-refractivity contribution < 1.29 is 28.2 Å². The number of carboxylic acids is 1. The second-order valence-electron chi connectivity index (χ2n) is 7.33. The largest absolute Gasteiger partial charge is 0.478 e. The average molecular weight is 355 g/mol. The van der Waals surface area contributed by atoms with Crippen LogP contribution >= 0.6 is 0 Å². The summed E-state index contributed by atoms with van der Waals surface area (Å²) >= 11 is 0. The quantitative estimate of drug-likeness (QED) is 0.874. The number of piperidine rings is 1. The number of nitrogens with zero attached hydrogens (tertiary/aromatic N) is 1. The molecule has 1 N–H and O–H groups in total. The number of carbonyl (C=O) groups is 2. The molecule has 5 nitrogen and oxygen atoms in total. The van der Waals surface area contributed by atoms with E-state index in [-0.39, 0.29) is 30.6 Å². The number of alkyl halides is 1. The number of benzene rings is 1. The van der Waals surface area contributed by atoms with Gasteiger partial charge in [-0.3, -0.25) is 0 Å². The highest BCUT2D eigenvalue weighted by Gasteiger charge is 2.36. The molecule has 1 saturated heterocycles. The number of aromatic carboxylic acids is 1. The zero-order valence-electron chi connectivity index (χ0n) is 14.8. The van der Waals surface area contributed by atoms with Gasteiger partial charge in [0.1, 0.15) is 17.6 Å². The number of amides is 1. The van der Waals surface area contributed by atoms with Crippen molar-refractivity contribution >= 4 is 12.1 Å². The van der Waals surface area contributed by atoms with Crippen LogP contribution < -0.4 is 0 Å². The number of likely N-dealkylation sites (tertiary alicyclic amines) is 1. The summed E-state index contributed by atoms with van der Waals surface area (Å²) in [4.78, 5) is 24.4. The summed E-state index contributed by atoms with van der Waals surface area (Å²) < 4.78 is 34.1. The zero-order chi connectivity index (χ0) is 18.9. The van der Waals surface area contributed by atoms with E-state index in [1.165, 1.54) is 11.0 Å². The number of hydrogen-bond donors (Lipinski definition) is 1. The number of ether oxygens (including phenoxy) is 1. The summed E-state index contributed by atoms with van der Waals surface area (Å²) in [6, 6.07) is 2.32. The summed E-state index contributed by atoms with van der Waals surface area (Å²) in [6.07, 6.45) is -1.80. The van der Waals surface area contributed by atoms with Crippen LogP contribution in [0, 0.1) is 12.7 Å². The van der Waals surface area contributed by atoms with Crippen molar-refractivity contribution in [2.24, 2.45) is 0 Å². The van der Waals surface area contributed by atoms with Gasteiger partial charge in [-0.25, -0.2) is 18.4 Å². The third kappa shape index (κ3) is 4.46. The molecule has 1 fully saturated rings. The van der Waals surface area contributed by atoms with Crippen LogP contribution in [0.5, 0.6) is 0 Å². The van der Waals surface area contributed by atoms with Gasteiger partial charge in [0.15, 0.2) is 0 Å². The molecule has 0 aliphatic carbocycles. The van der Waals surface area contributed by atoms with Crippen LogP contribution in [0.2, 0.25) is 0 Å². The standard InChI is InChI=1S/C18H23F2NO4/c1-10-7-13(14(19)8-12(10)16(22)23)11-5-6-21(9-15(11)20)17(24)25-18(2,3)4/h7-8,11,15H,5-6,9H2,1-4H3,(H,22,23). The lowest BCUT2D eigenvalue weighted by Gasteiger charge is -2.36. The molecule has 2 unspecified atom stereocenters. The molecule has 2 rings (SSSR count). The molecule has 1 aromatic rings. The zero-order valence-corrected chi connectivity index (χ0v) is 14.8. The third-order valence-corrected chi connectivity index (χ3v) is 4.17. The fourth-order valence-electron chi connectivity index (χ4n) is 2.97. The van der Waals surface area contributed by atoms with Crippen LogP contribution in [0.1, 0.15) is 54.6 Å². The van der Waals surface area contributed by atoms with Gasteiger partial charge in [0.2, 0.25) is 0 Å². The van der Waals surface area contributed by atoms with Crippen molar-refractivity contribution in [2.45, 2.75) is 51.8 Å². The third-order valence-electron chi connectivity index (χ3n) is 4.17. The van der Waals surface area contributed by atoms with Gasteiger partial charge in [0.25, 0.3) is 0 Å². The second kappa shape index (κ2) is 6.98. The Bertz CT molecular complexity index is 684. The van der Waals surface area contributed by atoms with E-state index in [0.717, 1.165) is 6.07 Å². The van der Waals surface area contributed by atoms with Crippen molar-refractivity contribution in [3.8, 4) is 0 Å². The first-order valence-electron chi connectivity index (χ1n) is 8.15. The maximum atomic E-state index is 14.6. The van der Waals surface area contributed by atoms with Crippen molar-refractivity contribution in [1.82, 2.24) is 4.90 Å². The van der Waals surface area contributed by atoms with Gasteiger partial charge < -0.3 is 14.7 Å². The van der Waals surface area contributed by atoms with E-state index in [1.54, 1.807) is 27.7 Å². The highest BCUT2D eigenvalue weighted by molar-refractivity contribution is 5.89. The monoisotopic (exact) mass is 355 g/mol. The first-order chi connectivity index (χ1) is 11.5. The molecule has 1 aromatic carbocycles. The van der Waals surface area contributed by atoms with Gasteiger partial charge in [-0.15, -0.1) is 0 Å². The lowest BCUT2D eigenvalue weighted by molar-refractivity contribution is 0.0109. The molecule has 1 aliphatic rings. The van der Waals surface area contributed by atoms with Gasteiger partial charge in [0, 0.05) is 12.5 Å². The molecule has 2 atom stereocenters. The van der Waals surface area contributed by atoms with E-state index in [4.69, 9.17) is 9.84 Å². The lowest BCUT2D eigenvalue weighted by Crippen LogP contribution is -2.46. The van der Waals surface area contributed by atoms with Crippen molar-refractivity contribution in [1.29, 1.82) is 0 Å². The number of carbonyl (C=O) groups excluding carboxylic acids is 1. The second-order valence-corrected chi connectivity index (χ2v) is 7.33. The number of rotatable bonds is 2. The molecule has 1 amide bonds. The minimum absolute atomic E-state index is 0.136. The molecular formula is C18H23F2NO4. The number of carboxylic acid groups (broad SMARTS) is 1. The summed E-state index contributed by atoms with van der Waals surface area (Å²) in [5, 5.41) is 9.03. The maximum Gasteiger partial charge on any atom is 0.410 e. The Labute approximate surface area is 145 Å². The highest BCUT2D eigenvalue weighted by atomic mass is 19.1. The molecule has 0 saturated carbocycles.